The smallest absolute Gasteiger partial charge is 0.274 e. The lowest BCUT2D eigenvalue weighted by molar-refractivity contribution is 0.0595. The van der Waals surface area contributed by atoms with E-state index in [-0.39, 0.29) is 12.0 Å². The van der Waals surface area contributed by atoms with Gasteiger partial charge in [0, 0.05) is 38.3 Å². The Kier molecular flexibility index (Phi) is 4.55. The summed E-state index contributed by atoms with van der Waals surface area (Å²) in [7, 11) is 0. The third kappa shape index (κ3) is 3.45. The van der Waals surface area contributed by atoms with Crippen molar-refractivity contribution >= 4 is 39.1 Å². The SMILES string of the molecule is O=C(c1cccnc1)N1CCC(Oc2nc3c(Cl)cccc3s2)CC1. The van der Waals surface area contributed by atoms with E-state index < -0.39 is 0 Å². The van der Waals surface area contributed by atoms with Gasteiger partial charge in [-0.2, -0.15) is 0 Å². The first-order chi connectivity index (χ1) is 12.2. The van der Waals surface area contributed by atoms with E-state index in [2.05, 4.69) is 9.97 Å². The quantitative estimate of drug-likeness (QED) is 0.695. The number of hydrogen-bond donors (Lipinski definition) is 0. The number of thiazole rings is 1. The lowest BCUT2D eigenvalue weighted by atomic mass is 10.1. The Balaban J connectivity index is 1.38. The highest BCUT2D eigenvalue weighted by atomic mass is 35.5. The minimum absolute atomic E-state index is 0.0262. The number of ether oxygens (including phenoxy) is 1. The first-order valence-electron chi connectivity index (χ1n) is 8.12. The highest BCUT2D eigenvalue weighted by Crippen LogP contribution is 2.33. The summed E-state index contributed by atoms with van der Waals surface area (Å²) in [5.41, 5.74) is 1.41. The number of fused-ring (bicyclic) bond motifs is 1. The van der Waals surface area contributed by atoms with Crippen molar-refractivity contribution in [2.45, 2.75) is 18.9 Å². The molecule has 7 heteroatoms. The monoisotopic (exact) mass is 373 g/mol. The fourth-order valence-corrected chi connectivity index (χ4v) is 4.12. The maximum Gasteiger partial charge on any atom is 0.274 e. The van der Waals surface area contributed by atoms with Gasteiger partial charge in [0.2, 0.25) is 0 Å². The van der Waals surface area contributed by atoms with Crippen molar-refractivity contribution in [2.75, 3.05) is 13.1 Å². The van der Waals surface area contributed by atoms with Crippen LogP contribution in [0.1, 0.15) is 23.2 Å². The number of carbonyl (C=O) groups is 1. The van der Waals surface area contributed by atoms with Gasteiger partial charge in [-0.1, -0.05) is 29.0 Å². The zero-order chi connectivity index (χ0) is 17.2. The molecule has 0 radical (unpaired) electrons. The first-order valence-corrected chi connectivity index (χ1v) is 9.31. The van der Waals surface area contributed by atoms with E-state index in [1.54, 1.807) is 24.5 Å². The van der Waals surface area contributed by atoms with Crippen molar-refractivity contribution in [3.8, 4) is 5.19 Å². The van der Waals surface area contributed by atoms with E-state index in [9.17, 15) is 4.79 Å². The van der Waals surface area contributed by atoms with Crippen LogP contribution in [-0.2, 0) is 0 Å². The van der Waals surface area contributed by atoms with Crippen LogP contribution in [0.5, 0.6) is 5.19 Å². The molecule has 1 amide bonds. The van der Waals surface area contributed by atoms with Crippen molar-refractivity contribution in [1.82, 2.24) is 14.9 Å². The van der Waals surface area contributed by atoms with Gasteiger partial charge in [-0.3, -0.25) is 9.78 Å². The predicted molar refractivity (Wildman–Crippen MR) is 98.4 cm³/mol. The van der Waals surface area contributed by atoms with Gasteiger partial charge in [0.15, 0.2) is 0 Å². The molecule has 25 heavy (non-hydrogen) atoms. The molecule has 3 aromatic rings. The topological polar surface area (TPSA) is 55.3 Å². The minimum atomic E-state index is 0.0262. The number of nitrogens with zero attached hydrogens (tertiary/aromatic N) is 3. The molecule has 5 nitrogen and oxygen atoms in total. The second-order valence-electron chi connectivity index (χ2n) is 5.92. The van der Waals surface area contributed by atoms with Gasteiger partial charge in [-0.15, -0.1) is 0 Å². The van der Waals surface area contributed by atoms with E-state index >= 15 is 0 Å². The summed E-state index contributed by atoms with van der Waals surface area (Å²) in [5, 5.41) is 1.28. The average molecular weight is 374 g/mol. The summed E-state index contributed by atoms with van der Waals surface area (Å²) in [6.07, 6.45) is 4.92. The Bertz CT molecular complexity index is 892. The van der Waals surface area contributed by atoms with Crippen molar-refractivity contribution in [1.29, 1.82) is 0 Å². The number of aromatic nitrogens is 2. The number of rotatable bonds is 3. The molecule has 128 valence electrons. The fraction of sp³-hybridized carbons (Fsp3) is 0.278. The Labute approximate surface area is 154 Å². The van der Waals surface area contributed by atoms with Crippen LogP contribution >= 0.6 is 22.9 Å². The largest absolute Gasteiger partial charge is 0.467 e. The highest BCUT2D eigenvalue weighted by molar-refractivity contribution is 7.20. The van der Waals surface area contributed by atoms with Crippen LogP contribution in [0, 0.1) is 0 Å². The third-order valence-corrected chi connectivity index (χ3v) is 5.47. The first kappa shape index (κ1) is 16.3. The van der Waals surface area contributed by atoms with Crippen LogP contribution in [0.4, 0.5) is 0 Å². The van der Waals surface area contributed by atoms with Crippen molar-refractivity contribution in [2.24, 2.45) is 0 Å². The van der Waals surface area contributed by atoms with Crippen LogP contribution < -0.4 is 4.74 Å². The molecule has 0 unspecified atom stereocenters. The fourth-order valence-electron chi connectivity index (χ4n) is 2.94. The van der Waals surface area contributed by atoms with Crippen LogP contribution in [0.3, 0.4) is 0 Å². The number of carbonyl (C=O) groups excluding carboxylic acids is 1. The summed E-state index contributed by atoms with van der Waals surface area (Å²) in [4.78, 5) is 22.8. The molecule has 1 fully saturated rings. The molecule has 1 aliphatic rings. The number of hydrogen-bond acceptors (Lipinski definition) is 5. The second kappa shape index (κ2) is 6.98. The van der Waals surface area contributed by atoms with Gasteiger partial charge in [0.25, 0.3) is 11.1 Å². The van der Waals surface area contributed by atoms with E-state index in [0.29, 0.717) is 28.9 Å². The molecule has 3 heterocycles. The van der Waals surface area contributed by atoms with Gasteiger partial charge >= 0.3 is 0 Å². The standard InChI is InChI=1S/C18H16ClN3O2S/c19-14-4-1-5-15-16(14)21-18(25-15)24-13-6-9-22(10-7-13)17(23)12-3-2-8-20-11-12/h1-5,8,11,13H,6-7,9-10H2. The maximum atomic E-state index is 12.4. The molecule has 0 aliphatic carbocycles. The molecule has 0 spiro atoms. The summed E-state index contributed by atoms with van der Waals surface area (Å²) in [5.74, 6) is 0.0262. The zero-order valence-electron chi connectivity index (χ0n) is 13.4. The number of halogens is 1. The molecule has 4 rings (SSSR count). The molecule has 0 N–H and O–H groups in total. The number of benzene rings is 1. The molecular formula is C18H16ClN3O2S. The van der Waals surface area contributed by atoms with Crippen LogP contribution in [0.15, 0.2) is 42.7 Å². The Hall–Kier alpha value is -2.18. The van der Waals surface area contributed by atoms with Crippen molar-refractivity contribution in [3.05, 3.63) is 53.3 Å². The average Bonchev–Trinajstić information content (AvgIpc) is 3.06. The number of para-hydroxylation sites is 1. The molecule has 0 atom stereocenters. The van der Waals surface area contributed by atoms with Crippen LogP contribution in [-0.4, -0.2) is 40.0 Å². The van der Waals surface area contributed by atoms with E-state index in [1.807, 2.05) is 23.1 Å². The Morgan fingerprint density at radius 2 is 2.08 bits per heavy atom. The van der Waals surface area contributed by atoms with E-state index in [4.69, 9.17) is 16.3 Å². The number of piperidine rings is 1. The molecule has 0 saturated carbocycles. The zero-order valence-corrected chi connectivity index (χ0v) is 15.0. The summed E-state index contributed by atoms with van der Waals surface area (Å²) in [6.45, 7) is 1.34. The molecule has 0 bridgehead atoms. The van der Waals surface area contributed by atoms with E-state index in [1.165, 1.54) is 11.3 Å². The molecular weight excluding hydrogens is 358 g/mol. The number of pyridine rings is 1. The molecule has 1 aromatic carbocycles. The summed E-state index contributed by atoms with van der Waals surface area (Å²) in [6, 6.07) is 9.30. The second-order valence-corrected chi connectivity index (χ2v) is 7.32. The third-order valence-electron chi connectivity index (χ3n) is 4.26. The van der Waals surface area contributed by atoms with E-state index in [0.717, 1.165) is 23.1 Å². The highest BCUT2D eigenvalue weighted by Gasteiger charge is 2.25. The normalized spacial score (nSPS) is 15.5. The minimum Gasteiger partial charge on any atom is -0.467 e. The van der Waals surface area contributed by atoms with Gasteiger partial charge < -0.3 is 9.64 Å². The predicted octanol–water partition coefficient (Wildman–Crippen LogP) is 4.03. The molecule has 2 aromatic heterocycles. The maximum absolute atomic E-state index is 12.4. The molecule has 1 saturated heterocycles. The van der Waals surface area contributed by atoms with Gasteiger partial charge in [0.05, 0.1) is 15.3 Å². The number of amides is 1. The summed E-state index contributed by atoms with van der Waals surface area (Å²) >= 11 is 7.67. The Morgan fingerprint density at radius 3 is 2.80 bits per heavy atom. The van der Waals surface area contributed by atoms with Gasteiger partial charge in [0.1, 0.15) is 11.6 Å². The van der Waals surface area contributed by atoms with Gasteiger partial charge in [-0.05, 0) is 24.3 Å². The molecule has 1 aliphatic heterocycles. The van der Waals surface area contributed by atoms with Crippen LogP contribution in [0.25, 0.3) is 10.2 Å². The van der Waals surface area contributed by atoms with Crippen LogP contribution in [0.2, 0.25) is 5.02 Å². The lowest BCUT2D eigenvalue weighted by Crippen LogP contribution is -2.41. The summed E-state index contributed by atoms with van der Waals surface area (Å²) < 4.78 is 7.05. The van der Waals surface area contributed by atoms with Crippen molar-refractivity contribution < 1.29 is 9.53 Å². The lowest BCUT2D eigenvalue weighted by Gasteiger charge is -2.31. The number of likely N-dealkylation sites (tertiary alicyclic amines) is 1. The van der Waals surface area contributed by atoms with Gasteiger partial charge in [-0.25, -0.2) is 4.98 Å². The van der Waals surface area contributed by atoms with Crippen molar-refractivity contribution in [3.63, 3.8) is 0 Å². The Morgan fingerprint density at radius 1 is 1.24 bits per heavy atom.